The number of benzene rings is 7. The Kier molecular flexibility index (Phi) is 11.7. The predicted octanol–water partition coefficient (Wildman–Crippen LogP) is 9.89. The lowest BCUT2D eigenvalue weighted by Crippen LogP contribution is -2.15. The van der Waals surface area contributed by atoms with E-state index in [4.69, 9.17) is 18.9 Å². The lowest BCUT2D eigenvalue weighted by molar-refractivity contribution is -0.134. The summed E-state index contributed by atoms with van der Waals surface area (Å²) in [7, 11) is 0. The van der Waals surface area contributed by atoms with Gasteiger partial charge >= 0.3 is 11.9 Å². The molecule has 0 amide bonds. The van der Waals surface area contributed by atoms with Crippen molar-refractivity contribution in [2.24, 2.45) is 0 Å². The fourth-order valence-electron chi connectivity index (χ4n) is 6.16. The molecule has 0 bridgehead atoms. The number of carbonyl (C=O) groups is 2. The summed E-state index contributed by atoms with van der Waals surface area (Å²) in [6.07, 6.45) is -0.225. The van der Waals surface area contributed by atoms with E-state index in [9.17, 15) is 19.8 Å². The van der Waals surface area contributed by atoms with Crippen LogP contribution in [0.15, 0.2) is 170 Å². The van der Waals surface area contributed by atoms with Gasteiger partial charge in [-0.25, -0.2) is 0 Å². The van der Waals surface area contributed by atoms with E-state index in [1.807, 2.05) is 97.1 Å². The quantitative estimate of drug-likeness (QED) is 0.0837. The highest BCUT2D eigenvalue weighted by molar-refractivity contribution is 5.96. The molecule has 0 aromatic heterocycles. The van der Waals surface area contributed by atoms with Crippen LogP contribution in [0.25, 0.3) is 22.3 Å². The molecule has 7 aromatic rings. The molecular formula is C48H38O8. The average Bonchev–Trinajstić information content (AvgIpc) is 3.23. The van der Waals surface area contributed by atoms with Crippen LogP contribution in [0, 0.1) is 0 Å². The molecule has 56 heavy (non-hydrogen) atoms. The average molecular weight is 743 g/mol. The molecule has 7 aromatic carbocycles. The van der Waals surface area contributed by atoms with Crippen molar-refractivity contribution >= 4 is 11.9 Å². The van der Waals surface area contributed by atoms with Gasteiger partial charge in [-0.3, -0.25) is 9.59 Å². The third kappa shape index (κ3) is 9.24. The number of hydrogen-bond acceptors (Lipinski definition) is 8. The van der Waals surface area contributed by atoms with Gasteiger partial charge in [-0.1, -0.05) is 146 Å². The van der Waals surface area contributed by atoms with Gasteiger partial charge in [-0.15, -0.1) is 0 Å². The highest BCUT2D eigenvalue weighted by Crippen LogP contribution is 2.56. The lowest BCUT2D eigenvalue weighted by Gasteiger charge is -2.21. The van der Waals surface area contributed by atoms with E-state index in [2.05, 4.69) is 0 Å². The molecule has 2 N–H and O–H groups in total. The SMILES string of the molecule is O=C(Cc1ccccc1)Oc1c(O)c(-c2ccc(OCc3ccccc3)cc2)c(O)c(OC(=O)Cc2ccccc2)c1-c1ccc(OCc2ccccc2)cc1. The highest BCUT2D eigenvalue weighted by Gasteiger charge is 2.31. The molecule has 0 saturated carbocycles. The second kappa shape index (κ2) is 17.7. The Morgan fingerprint density at radius 1 is 0.393 bits per heavy atom. The van der Waals surface area contributed by atoms with Crippen molar-refractivity contribution in [1.82, 2.24) is 0 Å². The number of aromatic hydroxyl groups is 2. The Morgan fingerprint density at radius 3 is 1.07 bits per heavy atom. The van der Waals surface area contributed by atoms with Crippen molar-refractivity contribution in [3.8, 4) is 56.8 Å². The molecular weight excluding hydrogens is 705 g/mol. The predicted molar refractivity (Wildman–Crippen MR) is 214 cm³/mol. The number of hydrogen-bond donors (Lipinski definition) is 2. The van der Waals surface area contributed by atoms with Gasteiger partial charge in [-0.05, 0) is 57.6 Å². The summed E-state index contributed by atoms with van der Waals surface area (Å²) >= 11 is 0. The standard InChI is InChI=1S/C48H38O8/c49-41(29-33-13-5-1-6-14-33)55-47-44(38-23-27-40(28-24-38)54-32-36-19-11-4-12-20-36)48(56-42(50)30-34-15-7-2-8-16-34)46(52)43(45(47)51)37-21-25-39(26-22-37)53-31-35-17-9-3-10-18-35/h1-28,51-52H,29-32H2. The zero-order valence-electron chi connectivity index (χ0n) is 30.3. The molecule has 0 aliphatic rings. The maximum absolute atomic E-state index is 13.6. The molecule has 0 unspecified atom stereocenters. The van der Waals surface area contributed by atoms with Crippen LogP contribution in [-0.2, 0) is 35.6 Å². The smallest absolute Gasteiger partial charge is 0.315 e. The minimum Gasteiger partial charge on any atom is -0.504 e. The van der Waals surface area contributed by atoms with Crippen molar-refractivity contribution < 1.29 is 38.7 Å². The van der Waals surface area contributed by atoms with Crippen LogP contribution < -0.4 is 18.9 Å². The van der Waals surface area contributed by atoms with Crippen LogP contribution in [0.3, 0.4) is 0 Å². The number of ether oxygens (including phenoxy) is 4. The molecule has 0 aliphatic carbocycles. The third-order valence-corrected chi connectivity index (χ3v) is 8.95. The van der Waals surface area contributed by atoms with Crippen LogP contribution in [0.5, 0.6) is 34.5 Å². The minimum atomic E-state index is -0.682. The van der Waals surface area contributed by atoms with E-state index >= 15 is 0 Å². The molecule has 7 rings (SSSR count). The van der Waals surface area contributed by atoms with Crippen molar-refractivity contribution in [3.63, 3.8) is 0 Å². The maximum atomic E-state index is 13.6. The van der Waals surface area contributed by atoms with E-state index in [-0.39, 0.29) is 35.5 Å². The second-order valence-electron chi connectivity index (χ2n) is 13.0. The van der Waals surface area contributed by atoms with Gasteiger partial charge in [-0.2, -0.15) is 0 Å². The number of phenols is 2. The third-order valence-electron chi connectivity index (χ3n) is 8.95. The van der Waals surface area contributed by atoms with Crippen LogP contribution in [0.1, 0.15) is 22.3 Å². The van der Waals surface area contributed by atoms with E-state index in [0.29, 0.717) is 47.0 Å². The van der Waals surface area contributed by atoms with Gasteiger partial charge in [0.2, 0.25) is 0 Å². The first-order valence-corrected chi connectivity index (χ1v) is 18.1. The van der Waals surface area contributed by atoms with Gasteiger partial charge in [0.05, 0.1) is 24.0 Å². The van der Waals surface area contributed by atoms with Gasteiger partial charge in [0.25, 0.3) is 0 Å². The van der Waals surface area contributed by atoms with Gasteiger partial charge < -0.3 is 29.2 Å². The molecule has 0 fully saturated rings. The second-order valence-corrected chi connectivity index (χ2v) is 13.0. The summed E-state index contributed by atoms with van der Waals surface area (Å²) in [5.74, 6) is -1.90. The van der Waals surface area contributed by atoms with Crippen molar-refractivity contribution in [3.05, 3.63) is 192 Å². The Bertz CT molecular complexity index is 2300. The Morgan fingerprint density at radius 2 is 0.714 bits per heavy atom. The number of phenolic OH excluding ortho intramolecular Hbond substituents is 2. The summed E-state index contributed by atoms with van der Waals surface area (Å²) in [6.45, 7) is 0.668. The molecule has 8 nitrogen and oxygen atoms in total. The molecule has 0 saturated heterocycles. The van der Waals surface area contributed by atoms with Crippen molar-refractivity contribution in [1.29, 1.82) is 0 Å². The first kappa shape index (κ1) is 37.0. The number of esters is 2. The monoisotopic (exact) mass is 742 g/mol. The zero-order valence-corrected chi connectivity index (χ0v) is 30.3. The topological polar surface area (TPSA) is 112 Å². The van der Waals surface area contributed by atoms with Crippen molar-refractivity contribution in [2.75, 3.05) is 0 Å². The minimum absolute atomic E-state index is 0.00370. The van der Waals surface area contributed by atoms with E-state index < -0.39 is 23.4 Å². The van der Waals surface area contributed by atoms with Crippen LogP contribution in [0.4, 0.5) is 0 Å². The van der Waals surface area contributed by atoms with Crippen molar-refractivity contribution in [2.45, 2.75) is 26.1 Å². The fourth-order valence-corrected chi connectivity index (χ4v) is 6.16. The lowest BCUT2D eigenvalue weighted by atomic mass is 9.95. The number of rotatable bonds is 14. The summed E-state index contributed by atoms with van der Waals surface area (Å²) in [4.78, 5) is 27.2. The van der Waals surface area contributed by atoms with Gasteiger partial charge in [0.15, 0.2) is 23.0 Å². The Labute approximate surface area is 324 Å². The zero-order chi connectivity index (χ0) is 38.7. The summed E-state index contributed by atoms with van der Waals surface area (Å²) in [5.41, 5.74) is 3.99. The highest BCUT2D eigenvalue weighted by atomic mass is 16.6. The van der Waals surface area contributed by atoms with Gasteiger partial charge in [0, 0.05) is 0 Å². The normalized spacial score (nSPS) is 10.7. The molecule has 0 atom stereocenters. The van der Waals surface area contributed by atoms with Crippen LogP contribution >= 0.6 is 0 Å². The van der Waals surface area contributed by atoms with Crippen LogP contribution in [-0.4, -0.2) is 22.2 Å². The molecule has 0 spiro atoms. The van der Waals surface area contributed by atoms with E-state index in [0.717, 1.165) is 11.1 Å². The van der Waals surface area contributed by atoms with Gasteiger partial charge in [0.1, 0.15) is 24.7 Å². The molecule has 278 valence electrons. The summed E-state index contributed by atoms with van der Waals surface area (Å²) in [5, 5.41) is 24.1. The Balaban J connectivity index is 1.30. The molecule has 0 radical (unpaired) electrons. The molecule has 8 heteroatoms. The van der Waals surface area contributed by atoms with E-state index in [1.54, 1.807) is 72.8 Å². The van der Waals surface area contributed by atoms with E-state index in [1.165, 1.54) is 0 Å². The Hall–Kier alpha value is -7.32. The fraction of sp³-hybridized carbons (Fsp3) is 0.0833. The first-order chi connectivity index (χ1) is 27.4. The first-order valence-electron chi connectivity index (χ1n) is 18.1. The number of carbonyl (C=O) groups excluding carboxylic acids is 2. The molecule has 0 heterocycles. The summed E-state index contributed by atoms with van der Waals surface area (Å²) in [6, 6.07) is 50.9. The molecule has 0 aliphatic heterocycles. The summed E-state index contributed by atoms with van der Waals surface area (Å²) < 4.78 is 24.0. The van der Waals surface area contributed by atoms with Crippen LogP contribution in [0.2, 0.25) is 0 Å². The largest absolute Gasteiger partial charge is 0.504 e. The maximum Gasteiger partial charge on any atom is 0.315 e.